The summed E-state index contributed by atoms with van der Waals surface area (Å²) < 4.78 is 5.35. The number of hydrogen-bond donors (Lipinski definition) is 0. The monoisotopic (exact) mass is 267 g/mol. The Labute approximate surface area is 119 Å². The molecule has 20 heavy (non-hydrogen) atoms. The third-order valence-electron chi connectivity index (χ3n) is 3.03. The largest absolute Gasteiger partial charge is 0.496 e. The van der Waals surface area contributed by atoms with Gasteiger partial charge in [0.2, 0.25) is 0 Å². The van der Waals surface area contributed by atoms with Crippen LogP contribution in [0, 0.1) is 11.3 Å². The Kier molecular flexibility index (Phi) is 4.70. The minimum Gasteiger partial charge on any atom is -0.496 e. The summed E-state index contributed by atoms with van der Waals surface area (Å²) in [6.07, 6.45) is 3.63. The number of benzene rings is 1. The maximum atomic E-state index is 8.98. The number of nitrogens with zero attached hydrogens (tertiary/aromatic N) is 3. The van der Waals surface area contributed by atoms with Crippen LogP contribution >= 0.6 is 0 Å². The van der Waals surface area contributed by atoms with Crippen LogP contribution in [0.25, 0.3) is 0 Å². The second-order valence-electron chi connectivity index (χ2n) is 4.67. The molecule has 1 aromatic heterocycles. The molecule has 0 saturated heterocycles. The fourth-order valence-corrected chi connectivity index (χ4v) is 2.12. The summed E-state index contributed by atoms with van der Waals surface area (Å²) in [7, 11) is 3.68. The molecule has 0 saturated carbocycles. The van der Waals surface area contributed by atoms with Crippen LogP contribution in [0.3, 0.4) is 0 Å². The van der Waals surface area contributed by atoms with E-state index in [1.165, 1.54) is 0 Å². The predicted octanol–water partition coefficient (Wildman–Crippen LogP) is 2.59. The molecule has 0 radical (unpaired) electrons. The molecule has 4 heteroatoms. The van der Waals surface area contributed by atoms with Crippen LogP contribution in [-0.2, 0) is 13.1 Å². The molecule has 1 aromatic carbocycles. The number of methoxy groups -OCH3 is 1. The van der Waals surface area contributed by atoms with Gasteiger partial charge in [0.1, 0.15) is 5.75 Å². The van der Waals surface area contributed by atoms with Gasteiger partial charge in [-0.25, -0.2) is 0 Å². The third-order valence-corrected chi connectivity index (χ3v) is 3.03. The summed E-state index contributed by atoms with van der Waals surface area (Å²) in [6.45, 7) is 1.52. The fourth-order valence-electron chi connectivity index (χ4n) is 2.12. The van der Waals surface area contributed by atoms with Gasteiger partial charge in [0, 0.05) is 31.0 Å². The molecule has 2 aromatic rings. The van der Waals surface area contributed by atoms with Gasteiger partial charge in [-0.05, 0) is 36.9 Å². The van der Waals surface area contributed by atoms with Crippen LogP contribution in [0.15, 0.2) is 42.7 Å². The molecule has 0 aliphatic rings. The molecule has 2 rings (SSSR count). The van der Waals surface area contributed by atoms with Crippen molar-refractivity contribution in [2.45, 2.75) is 13.1 Å². The SMILES string of the molecule is COc1ccc(C#N)cc1CN(C)Cc1cccnc1. The summed E-state index contributed by atoms with van der Waals surface area (Å²) in [6, 6.07) is 11.6. The van der Waals surface area contributed by atoms with Crippen molar-refractivity contribution < 1.29 is 4.74 Å². The van der Waals surface area contributed by atoms with Gasteiger partial charge in [-0.3, -0.25) is 9.88 Å². The quantitative estimate of drug-likeness (QED) is 0.835. The van der Waals surface area contributed by atoms with E-state index >= 15 is 0 Å². The molecule has 0 bridgehead atoms. The number of rotatable bonds is 5. The first-order valence-electron chi connectivity index (χ1n) is 6.37. The zero-order chi connectivity index (χ0) is 14.4. The minimum absolute atomic E-state index is 0.649. The molecule has 1 heterocycles. The average molecular weight is 267 g/mol. The van der Waals surface area contributed by atoms with Gasteiger partial charge in [0.25, 0.3) is 0 Å². The van der Waals surface area contributed by atoms with Gasteiger partial charge in [0.15, 0.2) is 0 Å². The lowest BCUT2D eigenvalue weighted by Gasteiger charge is -2.18. The number of ether oxygens (including phenoxy) is 1. The summed E-state index contributed by atoms with van der Waals surface area (Å²) in [5, 5.41) is 8.98. The standard InChI is InChI=1S/C16H17N3O/c1-19(11-14-4-3-7-18-10-14)12-15-8-13(9-17)5-6-16(15)20-2/h3-8,10H,11-12H2,1-2H3. The number of nitriles is 1. The number of aromatic nitrogens is 1. The van der Waals surface area contributed by atoms with Crippen molar-refractivity contribution in [3.63, 3.8) is 0 Å². The predicted molar refractivity (Wildman–Crippen MR) is 77.1 cm³/mol. The molecule has 0 aliphatic heterocycles. The molecule has 0 amide bonds. The lowest BCUT2D eigenvalue weighted by Crippen LogP contribution is -2.17. The van der Waals surface area contributed by atoms with Crippen molar-refractivity contribution in [1.29, 1.82) is 5.26 Å². The third kappa shape index (κ3) is 3.56. The number of pyridine rings is 1. The first kappa shape index (κ1) is 14.0. The van der Waals surface area contributed by atoms with E-state index in [1.54, 1.807) is 19.4 Å². The van der Waals surface area contributed by atoms with Gasteiger partial charge in [0.05, 0.1) is 18.7 Å². The fraction of sp³-hybridized carbons (Fsp3) is 0.250. The Morgan fingerprint density at radius 2 is 2.15 bits per heavy atom. The second kappa shape index (κ2) is 6.69. The van der Waals surface area contributed by atoms with Gasteiger partial charge in [-0.15, -0.1) is 0 Å². The Morgan fingerprint density at radius 1 is 1.30 bits per heavy atom. The topological polar surface area (TPSA) is 49.1 Å². The van der Waals surface area contributed by atoms with E-state index in [4.69, 9.17) is 10.00 Å². The summed E-state index contributed by atoms with van der Waals surface area (Å²) in [5.41, 5.74) is 2.82. The molecular weight excluding hydrogens is 250 g/mol. The van der Waals surface area contributed by atoms with Gasteiger partial charge < -0.3 is 4.74 Å². The maximum absolute atomic E-state index is 8.98. The van der Waals surface area contributed by atoms with Crippen LogP contribution in [0.1, 0.15) is 16.7 Å². The Bertz CT molecular complexity index is 605. The summed E-state index contributed by atoms with van der Waals surface area (Å²) in [5.74, 6) is 0.807. The van der Waals surface area contributed by atoms with E-state index in [9.17, 15) is 0 Å². The van der Waals surface area contributed by atoms with Gasteiger partial charge in [-0.2, -0.15) is 5.26 Å². The van der Waals surface area contributed by atoms with Crippen LogP contribution in [0.2, 0.25) is 0 Å². The maximum Gasteiger partial charge on any atom is 0.123 e. The zero-order valence-electron chi connectivity index (χ0n) is 11.7. The van der Waals surface area contributed by atoms with E-state index in [0.717, 1.165) is 23.4 Å². The molecule has 4 nitrogen and oxygen atoms in total. The smallest absolute Gasteiger partial charge is 0.123 e. The van der Waals surface area contributed by atoms with Crippen molar-refractivity contribution in [3.8, 4) is 11.8 Å². The van der Waals surface area contributed by atoms with Crippen LogP contribution in [-0.4, -0.2) is 24.0 Å². The van der Waals surface area contributed by atoms with Crippen molar-refractivity contribution in [2.24, 2.45) is 0 Å². The lowest BCUT2D eigenvalue weighted by atomic mass is 10.1. The average Bonchev–Trinajstić information content (AvgIpc) is 2.48. The molecular formula is C16H17N3O. The summed E-state index contributed by atoms with van der Waals surface area (Å²) in [4.78, 5) is 6.27. The molecule has 0 N–H and O–H groups in total. The van der Waals surface area contributed by atoms with E-state index in [1.807, 2.05) is 37.5 Å². The Morgan fingerprint density at radius 3 is 2.80 bits per heavy atom. The lowest BCUT2D eigenvalue weighted by molar-refractivity contribution is 0.310. The van der Waals surface area contributed by atoms with Gasteiger partial charge >= 0.3 is 0 Å². The van der Waals surface area contributed by atoms with E-state index in [0.29, 0.717) is 12.1 Å². The first-order valence-corrected chi connectivity index (χ1v) is 6.37. The normalized spacial score (nSPS) is 10.3. The molecule has 0 spiro atoms. The van der Waals surface area contributed by atoms with E-state index in [-0.39, 0.29) is 0 Å². The highest BCUT2D eigenvalue weighted by molar-refractivity contribution is 5.42. The Balaban J connectivity index is 2.11. The highest BCUT2D eigenvalue weighted by atomic mass is 16.5. The van der Waals surface area contributed by atoms with Crippen molar-refractivity contribution in [3.05, 3.63) is 59.4 Å². The molecule has 102 valence electrons. The Hall–Kier alpha value is -2.38. The molecule has 0 aliphatic carbocycles. The van der Waals surface area contributed by atoms with Gasteiger partial charge in [-0.1, -0.05) is 6.07 Å². The van der Waals surface area contributed by atoms with E-state index in [2.05, 4.69) is 16.0 Å². The summed E-state index contributed by atoms with van der Waals surface area (Å²) >= 11 is 0. The molecule has 0 unspecified atom stereocenters. The van der Waals surface area contributed by atoms with E-state index < -0.39 is 0 Å². The number of hydrogen-bond acceptors (Lipinski definition) is 4. The van der Waals surface area contributed by atoms with Crippen molar-refractivity contribution >= 4 is 0 Å². The molecule has 0 atom stereocenters. The first-order chi connectivity index (χ1) is 9.72. The zero-order valence-corrected chi connectivity index (χ0v) is 11.7. The highest BCUT2D eigenvalue weighted by Crippen LogP contribution is 2.21. The van der Waals surface area contributed by atoms with Crippen LogP contribution in [0.5, 0.6) is 5.75 Å². The van der Waals surface area contributed by atoms with Crippen LogP contribution < -0.4 is 4.74 Å². The van der Waals surface area contributed by atoms with Crippen molar-refractivity contribution in [1.82, 2.24) is 9.88 Å². The molecule has 0 fully saturated rings. The second-order valence-corrected chi connectivity index (χ2v) is 4.67. The van der Waals surface area contributed by atoms with Crippen molar-refractivity contribution in [2.75, 3.05) is 14.2 Å². The van der Waals surface area contributed by atoms with Crippen LogP contribution in [0.4, 0.5) is 0 Å². The highest BCUT2D eigenvalue weighted by Gasteiger charge is 2.08. The minimum atomic E-state index is 0.649.